The summed E-state index contributed by atoms with van der Waals surface area (Å²) in [5, 5.41) is 9.08. The van der Waals surface area contributed by atoms with E-state index < -0.39 is 0 Å². The fraction of sp³-hybridized carbons (Fsp3) is 0.471. The average molecular weight is 330 g/mol. The SMILES string of the molecule is O=C(NCCc1nc(-c2ccncc2)cs1)NC1CCCCC1. The van der Waals surface area contributed by atoms with Crippen LogP contribution in [0.2, 0.25) is 0 Å². The molecule has 5 nitrogen and oxygen atoms in total. The lowest BCUT2D eigenvalue weighted by Gasteiger charge is -2.22. The molecule has 2 aromatic rings. The molecule has 2 aromatic heterocycles. The van der Waals surface area contributed by atoms with Crippen molar-refractivity contribution in [3.8, 4) is 11.3 Å². The molecule has 0 aliphatic heterocycles. The second kappa shape index (κ2) is 8.06. The van der Waals surface area contributed by atoms with Crippen molar-refractivity contribution in [3.05, 3.63) is 34.9 Å². The van der Waals surface area contributed by atoms with Gasteiger partial charge in [-0.05, 0) is 25.0 Å². The van der Waals surface area contributed by atoms with E-state index in [-0.39, 0.29) is 6.03 Å². The number of aromatic nitrogens is 2. The summed E-state index contributed by atoms with van der Waals surface area (Å²) in [6, 6.07) is 4.20. The van der Waals surface area contributed by atoms with Crippen LogP contribution in [-0.4, -0.2) is 28.6 Å². The van der Waals surface area contributed by atoms with Gasteiger partial charge in [-0.1, -0.05) is 19.3 Å². The third-order valence-corrected chi connectivity index (χ3v) is 5.00. The number of carbonyl (C=O) groups is 1. The van der Waals surface area contributed by atoms with Crippen molar-refractivity contribution in [1.29, 1.82) is 0 Å². The molecule has 0 radical (unpaired) electrons. The van der Waals surface area contributed by atoms with Gasteiger partial charge in [-0.15, -0.1) is 11.3 Å². The normalized spacial score (nSPS) is 15.3. The van der Waals surface area contributed by atoms with Crippen LogP contribution in [0.1, 0.15) is 37.1 Å². The maximum atomic E-state index is 11.9. The Morgan fingerprint density at radius 3 is 2.78 bits per heavy atom. The Morgan fingerprint density at radius 2 is 2.00 bits per heavy atom. The molecule has 23 heavy (non-hydrogen) atoms. The molecule has 0 unspecified atom stereocenters. The Balaban J connectivity index is 1.42. The molecule has 2 amide bonds. The van der Waals surface area contributed by atoms with Gasteiger partial charge in [0, 0.05) is 42.3 Å². The molecule has 0 bridgehead atoms. The highest BCUT2D eigenvalue weighted by Gasteiger charge is 2.15. The Bertz CT molecular complexity index is 623. The van der Waals surface area contributed by atoms with Crippen molar-refractivity contribution in [2.24, 2.45) is 0 Å². The minimum atomic E-state index is -0.0530. The quantitative estimate of drug-likeness (QED) is 0.883. The topological polar surface area (TPSA) is 66.9 Å². The zero-order valence-corrected chi connectivity index (χ0v) is 13.9. The number of carbonyl (C=O) groups excluding carboxylic acids is 1. The van der Waals surface area contributed by atoms with E-state index in [1.54, 1.807) is 23.7 Å². The Labute approximate surface area is 140 Å². The molecule has 1 aliphatic rings. The van der Waals surface area contributed by atoms with Crippen molar-refractivity contribution >= 4 is 17.4 Å². The van der Waals surface area contributed by atoms with Gasteiger partial charge in [-0.3, -0.25) is 4.98 Å². The van der Waals surface area contributed by atoms with Crippen molar-refractivity contribution in [2.45, 2.75) is 44.6 Å². The van der Waals surface area contributed by atoms with E-state index in [0.29, 0.717) is 12.6 Å². The Morgan fingerprint density at radius 1 is 1.22 bits per heavy atom. The smallest absolute Gasteiger partial charge is 0.315 e. The summed E-state index contributed by atoms with van der Waals surface area (Å²) in [7, 11) is 0. The van der Waals surface area contributed by atoms with Crippen LogP contribution >= 0.6 is 11.3 Å². The van der Waals surface area contributed by atoms with Crippen LogP contribution < -0.4 is 10.6 Å². The highest BCUT2D eigenvalue weighted by molar-refractivity contribution is 7.09. The summed E-state index contributed by atoms with van der Waals surface area (Å²) in [5.41, 5.74) is 2.05. The predicted octanol–water partition coefficient (Wildman–Crippen LogP) is 3.38. The average Bonchev–Trinajstić information content (AvgIpc) is 3.05. The molecule has 1 aliphatic carbocycles. The number of hydrogen-bond donors (Lipinski definition) is 2. The first kappa shape index (κ1) is 15.9. The number of thiazole rings is 1. The standard InChI is InChI=1S/C17H22N4OS/c22-17(20-14-4-2-1-3-5-14)19-11-8-16-21-15(12-23-16)13-6-9-18-10-7-13/h6-7,9-10,12,14H,1-5,8,11H2,(H2,19,20,22). The highest BCUT2D eigenvalue weighted by atomic mass is 32.1. The number of pyridine rings is 1. The Kier molecular flexibility index (Phi) is 5.58. The zero-order chi connectivity index (χ0) is 15.9. The molecular weight excluding hydrogens is 308 g/mol. The van der Waals surface area contributed by atoms with Crippen LogP contribution in [0.3, 0.4) is 0 Å². The van der Waals surface area contributed by atoms with Gasteiger partial charge in [-0.25, -0.2) is 9.78 Å². The van der Waals surface area contributed by atoms with Gasteiger partial charge in [0.1, 0.15) is 0 Å². The third-order valence-electron chi connectivity index (χ3n) is 4.09. The number of rotatable bonds is 5. The maximum absolute atomic E-state index is 11.9. The largest absolute Gasteiger partial charge is 0.338 e. The number of nitrogens with one attached hydrogen (secondary N) is 2. The number of nitrogens with zero attached hydrogens (tertiary/aromatic N) is 2. The summed E-state index contributed by atoms with van der Waals surface area (Å²) in [4.78, 5) is 20.5. The molecule has 122 valence electrons. The summed E-state index contributed by atoms with van der Waals surface area (Å²) in [6.45, 7) is 0.613. The molecule has 0 aromatic carbocycles. The number of amides is 2. The van der Waals surface area contributed by atoms with Crippen molar-refractivity contribution in [1.82, 2.24) is 20.6 Å². The fourth-order valence-electron chi connectivity index (χ4n) is 2.85. The predicted molar refractivity (Wildman–Crippen MR) is 92.5 cm³/mol. The van der Waals surface area contributed by atoms with E-state index in [1.165, 1.54) is 19.3 Å². The highest BCUT2D eigenvalue weighted by Crippen LogP contribution is 2.21. The van der Waals surface area contributed by atoms with Gasteiger partial charge in [0.15, 0.2) is 0 Å². The van der Waals surface area contributed by atoms with Crippen LogP contribution in [0.4, 0.5) is 4.79 Å². The molecule has 0 atom stereocenters. The van der Waals surface area contributed by atoms with E-state index in [9.17, 15) is 4.79 Å². The van der Waals surface area contributed by atoms with Crippen molar-refractivity contribution in [3.63, 3.8) is 0 Å². The van der Waals surface area contributed by atoms with Gasteiger partial charge in [-0.2, -0.15) is 0 Å². The van der Waals surface area contributed by atoms with Crippen LogP contribution in [0.25, 0.3) is 11.3 Å². The molecule has 6 heteroatoms. The Hall–Kier alpha value is -1.95. The van der Waals surface area contributed by atoms with E-state index in [0.717, 1.165) is 35.5 Å². The summed E-state index contributed by atoms with van der Waals surface area (Å²) in [5.74, 6) is 0. The minimum absolute atomic E-state index is 0.0530. The second-order valence-corrected chi connectivity index (χ2v) is 6.79. The van der Waals surface area contributed by atoms with Gasteiger partial charge in [0.25, 0.3) is 0 Å². The van der Waals surface area contributed by atoms with Gasteiger partial charge in [0.05, 0.1) is 10.7 Å². The second-order valence-electron chi connectivity index (χ2n) is 5.85. The van der Waals surface area contributed by atoms with Crippen LogP contribution in [0.5, 0.6) is 0 Å². The van der Waals surface area contributed by atoms with Crippen molar-refractivity contribution in [2.75, 3.05) is 6.54 Å². The molecule has 0 saturated heterocycles. The van der Waals surface area contributed by atoms with E-state index in [4.69, 9.17) is 0 Å². The molecule has 1 saturated carbocycles. The first-order chi connectivity index (χ1) is 11.3. The number of urea groups is 1. The maximum Gasteiger partial charge on any atom is 0.315 e. The van der Waals surface area contributed by atoms with Crippen molar-refractivity contribution < 1.29 is 4.79 Å². The molecular formula is C17H22N4OS. The summed E-state index contributed by atoms with van der Waals surface area (Å²) in [6.07, 6.45) is 10.3. The third kappa shape index (κ3) is 4.76. The first-order valence-electron chi connectivity index (χ1n) is 8.20. The van der Waals surface area contributed by atoms with Crippen LogP contribution in [-0.2, 0) is 6.42 Å². The lowest BCUT2D eigenvalue weighted by atomic mass is 9.96. The summed E-state index contributed by atoms with van der Waals surface area (Å²) >= 11 is 1.63. The first-order valence-corrected chi connectivity index (χ1v) is 9.08. The van der Waals surface area contributed by atoms with E-state index in [2.05, 4.69) is 20.6 Å². The number of hydrogen-bond acceptors (Lipinski definition) is 4. The van der Waals surface area contributed by atoms with Gasteiger partial charge in [0.2, 0.25) is 0 Å². The molecule has 1 fully saturated rings. The van der Waals surface area contributed by atoms with E-state index in [1.807, 2.05) is 17.5 Å². The molecule has 3 rings (SSSR count). The fourth-order valence-corrected chi connectivity index (χ4v) is 3.65. The molecule has 2 N–H and O–H groups in total. The zero-order valence-electron chi connectivity index (χ0n) is 13.1. The molecule has 0 spiro atoms. The van der Waals surface area contributed by atoms with Crippen LogP contribution in [0, 0.1) is 0 Å². The van der Waals surface area contributed by atoms with Crippen LogP contribution in [0.15, 0.2) is 29.9 Å². The molecule has 2 heterocycles. The summed E-state index contributed by atoms with van der Waals surface area (Å²) < 4.78 is 0. The van der Waals surface area contributed by atoms with E-state index >= 15 is 0 Å². The van der Waals surface area contributed by atoms with Gasteiger partial charge < -0.3 is 10.6 Å². The monoisotopic (exact) mass is 330 g/mol. The lowest BCUT2D eigenvalue weighted by molar-refractivity contribution is 0.233. The van der Waals surface area contributed by atoms with Gasteiger partial charge >= 0.3 is 6.03 Å². The lowest BCUT2D eigenvalue weighted by Crippen LogP contribution is -2.43. The minimum Gasteiger partial charge on any atom is -0.338 e.